The van der Waals surface area contributed by atoms with E-state index >= 15 is 0 Å². The Hall–Kier alpha value is -2.13. The molecule has 0 saturated heterocycles. The van der Waals surface area contributed by atoms with Crippen molar-refractivity contribution in [2.75, 3.05) is 11.9 Å². The minimum absolute atomic E-state index is 0.0633. The number of hydrogen-bond acceptors (Lipinski definition) is 5. The maximum Gasteiger partial charge on any atom is 0.293 e. The van der Waals surface area contributed by atoms with Gasteiger partial charge in [-0.05, 0) is 19.1 Å². The fraction of sp³-hybridized carbons (Fsp3) is 0.300. The Labute approximate surface area is 92.8 Å². The molecule has 1 unspecified atom stereocenters. The Bertz CT molecular complexity index is 439. The molecule has 3 N–H and O–H groups in total. The van der Waals surface area contributed by atoms with E-state index in [4.69, 9.17) is 11.0 Å². The number of nitrogens with two attached hydrogens (primary N) is 1. The molecular formula is C10H12N4O2. The van der Waals surface area contributed by atoms with Gasteiger partial charge < -0.3 is 11.1 Å². The second kappa shape index (κ2) is 5.09. The van der Waals surface area contributed by atoms with Crippen molar-refractivity contribution in [1.82, 2.24) is 0 Å². The predicted octanol–water partition coefficient (Wildman–Crippen LogP) is 1.23. The summed E-state index contributed by atoms with van der Waals surface area (Å²) in [6.45, 7) is 2.19. The SMILES string of the molecule is CC(CN)Nc1ccc(C#N)cc1[N+](=O)[O-]. The van der Waals surface area contributed by atoms with E-state index in [2.05, 4.69) is 5.32 Å². The van der Waals surface area contributed by atoms with E-state index in [0.717, 1.165) is 0 Å². The highest BCUT2D eigenvalue weighted by molar-refractivity contribution is 5.64. The van der Waals surface area contributed by atoms with E-state index in [1.54, 1.807) is 0 Å². The van der Waals surface area contributed by atoms with Crippen LogP contribution in [-0.4, -0.2) is 17.5 Å². The van der Waals surface area contributed by atoms with E-state index < -0.39 is 4.92 Å². The van der Waals surface area contributed by atoms with Crippen molar-refractivity contribution < 1.29 is 4.92 Å². The molecule has 0 amide bonds. The number of nitro benzene ring substituents is 1. The number of anilines is 1. The van der Waals surface area contributed by atoms with Crippen LogP contribution in [0.3, 0.4) is 0 Å². The summed E-state index contributed by atoms with van der Waals surface area (Å²) in [4.78, 5) is 10.3. The molecule has 6 heteroatoms. The van der Waals surface area contributed by atoms with Crippen molar-refractivity contribution >= 4 is 11.4 Å². The fourth-order valence-electron chi connectivity index (χ4n) is 1.20. The van der Waals surface area contributed by atoms with Crippen LogP contribution in [0.2, 0.25) is 0 Å². The molecule has 0 bridgehead atoms. The van der Waals surface area contributed by atoms with Crippen molar-refractivity contribution in [2.24, 2.45) is 5.73 Å². The Kier molecular flexibility index (Phi) is 3.80. The van der Waals surface area contributed by atoms with Gasteiger partial charge in [0.15, 0.2) is 0 Å². The third-order valence-electron chi connectivity index (χ3n) is 2.08. The summed E-state index contributed by atoms with van der Waals surface area (Å²) in [5, 5.41) is 22.4. The number of rotatable bonds is 4. The summed E-state index contributed by atoms with van der Waals surface area (Å²) >= 11 is 0. The first-order valence-corrected chi connectivity index (χ1v) is 4.73. The maximum absolute atomic E-state index is 10.8. The third-order valence-corrected chi connectivity index (χ3v) is 2.08. The Morgan fingerprint density at radius 2 is 2.38 bits per heavy atom. The largest absolute Gasteiger partial charge is 0.376 e. The van der Waals surface area contributed by atoms with Gasteiger partial charge in [-0.1, -0.05) is 0 Å². The van der Waals surface area contributed by atoms with Crippen LogP contribution < -0.4 is 11.1 Å². The van der Waals surface area contributed by atoms with E-state index in [1.165, 1.54) is 18.2 Å². The zero-order chi connectivity index (χ0) is 12.1. The molecule has 0 aliphatic carbocycles. The first kappa shape index (κ1) is 11.9. The van der Waals surface area contributed by atoms with Gasteiger partial charge in [0, 0.05) is 18.7 Å². The van der Waals surface area contributed by atoms with Crippen LogP contribution in [0.25, 0.3) is 0 Å². The molecule has 0 radical (unpaired) electrons. The molecular weight excluding hydrogens is 208 g/mol. The number of nitriles is 1. The van der Waals surface area contributed by atoms with E-state index in [-0.39, 0.29) is 17.3 Å². The van der Waals surface area contributed by atoms with Gasteiger partial charge in [0.05, 0.1) is 16.6 Å². The van der Waals surface area contributed by atoms with Crippen LogP contribution >= 0.6 is 0 Å². The topological polar surface area (TPSA) is 105 Å². The lowest BCUT2D eigenvalue weighted by atomic mass is 10.1. The maximum atomic E-state index is 10.8. The van der Waals surface area contributed by atoms with Gasteiger partial charge in [-0.25, -0.2) is 0 Å². The summed E-state index contributed by atoms with van der Waals surface area (Å²) in [7, 11) is 0. The summed E-state index contributed by atoms with van der Waals surface area (Å²) in [5.41, 5.74) is 5.94. The summed E-state index contributed by atoms with van der Waals surface area (Å²) in [5.74, 6) is 0. The average molecular weight is 220 g/mol. The van der Waals surface area contributed by atoms with Crippen LogP contribution in [0.4, 0.5) is 11.4 Å². The molecule has 0 aliphatic heterocycles. The lowest BCUT2D eigenvalue weighted by Crippen LogP contribution is -2.25. The van der Waals surface area contributed by atoms with Crippen LogP contribution in [0.5, 0.6) is 0 Å². The smallest absolute Gasteiger partial charge is 0.293 e. The molecule has 0 aromatic heterocycles. The van der Waals surface area contributed by atoms with Crippen LogP contribution in [0.1, 0.15) is 12.5 Å². The summed E-state index contributed by atoms with van der Waals surface area (Å²) in [6.07, 6.45) is 0. The van der Waals surface area contributed by atoms with Gasteiger partial charge in [-0.2, -0.15) is 5.26 Å². The Morgan fingerprint density at radius 3 is 2.88 bits per heavy atom. The Morgan fingerprint density at radius 1 is 1.69 bits per heavy atom. The van der Waals surface area contributed by atoms with E-state index in [0.29, 0.717) is 12.2 Å². The molecule has 0 spiro atoms. The van der Waals surface area contributed by atoms with Gasteiger partial charge in [0.25, 0.3) is 5.69 Å². The third kappa shape index (κ3) is 2.68. The number of hydrogen-bond donors (Lipinski definition) is 2. The highest BCUT2D eigenvalue weighted by atomic mass is 16.6. The lowest BCUT2D eigenvalue weighted by molar-refractivity contribution is -0.384. The molecule has 84 valence electrons. The summed E-state index contributed by atoms with van der Waals surface area (Å²) < 4.78 is 0. The van der Waals surface area contributed by atoms with Crippen molar-refractivity contribution in [3.05, 3.63) is 33.9 Å². The van der Waals surface area contributed by atoms with Gasteiger partial charge in [-0.3, -0.25) is 10.1 Å². The molecule has 0 fully saturated rings. The summed E-state index contributed by atoms with van der Waals surface area (Å²) in [6, 6.07) is 6.08. The van der Waals surface area contributed by atoms with Crippen molar-refractivity contribution in [3.63, 3.8) is 0 Å². The van der Waals surface area contributed by atoms with Crippen molar-refractivity contribution in [3.8, 4) is 6.07 Å². The second-order valence-electron chi connectivity index (χ2n) is 3.38. The second-order valence-corrected chi connectivity index (χ2v) is 3.38. The van der Waals surface area contributed by atoms with Crippen LogP contribution in [-0.2, 0) is 0 Å². The molecule has 0 aliphatic rings. The van der Waals surface area contributed by atoms with Crippen molar-refractivity contribution in [1.29, 1.82) is 5.26 Å². The van der Waals surface area contributed by atoms with Gasteiger partial charge >= 0.3 is 0 Å². The minimum atomic E-state index is -0.521. The fourth-order valence-corrected chi connectivity index (χ4v) is 1.20. The number of benzene rings is 1. The van der Waals surface area contributed by atoms with Crippen molar-refractivity contribution in [2.45, 2.75) is 13.0 Å². The van der Waals surface area contributed by atoms with Gasteiger partial charge in [0.2, 0.25) is 0 Å². The Balaban J connectivity index is 3.09. The molecule has 1 rings (SSSR count). The molecule has 16 heavy (non-hydrogen) atoms. The zero-order valence-corrected chi connectivity index (χ0v) is 8.80. The van der Waals surface area contributed by atoms with Crippen LogP contribution in [0.15, 0.2) is 18.2 Å². The first-order valence-electron chi connectivity index (χ1n) is 4.73. The zero-order valence-electron chi connectivity index (χ0n) is 8.80. The molecule has 6 nitrogen and oxygen atoms in total. The number of nitrogens with one attached hydrogen (secondary N) is 1. The standard InChI is InChI=1S/C10H12N4O2/c1-7(5-11)13-9-3-2-8(6-12)4-10(9)14(15)16/h2-4,7,13H,5,11H2,1H3. The predicted molar refractivity (Wildman–Crippen MR) is 60.0 cm³/mol. The van der Waals surface area contributed by atoms with Crippen LogP contribution in [0, 0.1) is 21.4 Å². The molecule has 1 atom stereocenters. The number of nitrogens with zero attached hydrogens (tertiary/aromatic N) is 2. The minimum Gasteiger partial charge on any atom is -0.376 e. The average Bonchev–Trinajstić information content (AvgIpc) is 2.29. The molecule has 1 aromatic rings. The highest BCUT2D eigenvalue weighted by Crippen LogP contribution is 2.25. The van der Waals surface area contributed by atoms with Gasteiger partial charge in [0.1, 0.15) is 5.69 Å². The molecule has 0 heterocycles. The van der Waals surface area contributed by atoms with Gasteiger partial charge in [-0.15, -0.1) is 0 Å². The van der Waals surface area contributed by atoms with E-state index in [1.807, 2.05) is 13.0 Å². The quantitative estimate of drug-likeness (QED) is 0.586. The number of nitro groups is 1. The lowest BCUT2D eigenvalue weighted by Gasteiger charge is -2.12. The van der Waals surface area contributed by atoms with E-state index in [9.17, 15) is 10.1 Å². The first-order chi connectivity index (χ1) is 7.58. The normalized spacial score (nSPS) is 11.6. The highest BCUT2D eigenvalue weighted by Gasteiger charge is 2.15. The molecule has 1 aromatic carbocycles. The molecule has 0 saturated carbocycles. The monoisotopic (exact) mass is 220 g/mol.